The van der Waals surface area contributed by atoms with E-state index in [1.165, 1.54) is 0 Å². The fourth-order valence-corrected chi connectivity index (χ4v) is 0.967. The Balaban J connectivity index is 3.18. The monoisotopic (exact) mass is 232 g/mol. The molecule has 0 saturated heterocycles. The van der Waals surface area contributed by atoms with Crippen molar-refractivity contribution in [3.8, 4) is 0 Å². The van der Waals surface area contributed by atoms with Gasteiger partial charge in [-0.3, -0.25) is 0 Å². The molecule has 6 heteroatoms. The molecular weight excluding hydrogens is 225 g/mol. The van der Waals surface area contributed by atoms with Gasteiger partial charge in [-0.1, -0.05) is 0 Å². The minimum Gasteiger partial charge on any atom is -0.507 e. The van der Waals surface area contributed by atoms with Crippen LogP contribution in [0.2, 0.25) is 0 Å². The number of carbonyl (C=O) groups excluding carboxylic acids is 1. The number of aliphatic hydroxyl groups excluding tert-OH is 1. The maximum atomic E-state index is 13.1. The van der Waals surface area contributed by atoms with Crippen LogP contribution in [0.5, 0.6) is 0 Å². The molecule has 0 bridgehead atoms. The van der Waals surface area contributed by atoms with Gasteiger partial charge in [0, 0.05) is 6.07 Å². The van der Waals surface area contributed by atoms with Crippen molar-refractivity contribution in [2.75, 3.05) is 7.11 Å². The highest BCUT2D eigenvalue weighted by molar-refractivity contribution is 5.89. The second kappa shape index (κ2) is 4.69. The number of halogens is 3. The zero-order chi connectivity index (χ0) is 12.3. The first-order chi connectivity index (χ1) is 7.45. The molecule has 0 aliphatic carbocycles. The first-order valence-corrected chi connectivity index (χ1v) is 4.09. The van der Waals surface area contributed by atoms with E-state index in [0.29, 0.717) is 12.1 Å². The third-order valence-corrected chi connectivity index (χ3v) is 1.74. The summed E-state index contributed by atoms with van der Waals surface area (Å²) in [5.41, 5.74) is -0.621. The molecule has 0 radical (unpaired) electrons. The van der Waals surface area contributed by atoms with E-state index < -0.39 is 34.7 Å². The van der Waals surface area contributed by atoms with Crippen molar-refractivity contribution in [3.05, 3.63) is 41.2 Å². The maximum absolute atomic E-state index is 13.1. The van der Waals surface area contributed by atoms with Crippen LogP contribution in [0.1, 0.15) is 5.56 Å². The van der Waals surface area contributed by atoms with Gasteiger partial charge in [-0.25, -0.2) is 18.0 Å². The average Bonchev–Trinajstić information content (AvgIpc) is 2.23. The summed E-state index contributed by atoms with van der Waals surface area (Å²) >= 11 is 0. The SMILES string of the molecule is COC(=O)/C=C(\O)c1cc(F)c(F)cc1F. The standard InChI is InChI=1S/C10H7F3O3/c1-16-10(15)4-9(14)5-2-7(12)8(13)3-6(5)11/h2-4,14H,1H3/b9-4-. The third-order valence-electron chi connectivity index (χ3n) is 1.74. The zero-order valence-corrected chi connectivity index (χ0v) is 8.13. The molecule has 1 rings (SSSR count). The van der Waals surface area contributed by atoms with Crippen molar-refractivity contribution in [2.45, 2.75) is 0 Å². The van der Waals surface area contributed by atoms with Crippen LogP contribution in [-0.2, 0) is 9.53 Å². The highest BCUT2D eigenvalue weighted by Crippen LogP contribution is 2.19. The van der Waals surface area contributed by atoms with E-state index >= 15 is 0 Å². The summed E-state index contributed by atoms with van der Waals surface area (Å²) in [6, 6.07) is 0.714. The van der Waals surface area contributed by atoms with Gasteiger partial charge in [0.15, 0.2) is 11.6 Å². The molecule has 0 aromatic heterocycles. The molecule has 1 aromatic rings. The molecule has 0 heterocycles. The molecule has 86 valence electrons. The smallest absolute Gasteiger partial charge is 0.334 e. The molecule has 0 unspecified atom stereocenters. The number of esters is 1. The minimum absolute atomic E-state index is 0.270. The molecule has 3 nitrogen and oxygen atoms in total. The van der Waals surface area contributed by atoms with Gasteiger partial charge >= 0.3 is 5.97 Å². The normalized spacial score (nSPS) is 11.4. The van der Waals surface area contributed by atoms with Crippen LogP contribution >= 0.6 is 0 Å². The molecule has 16 heavy (non-hydrogen) atoms. The Morgan fingerprint density at radius 3 is 2.38 bits per heavy atom. The molecule has 0 amide bonds. The van der Waals surface area contributed by atoms with Crippen molar-refractivity contribution in [2.24, 2.45) is 0 Å². The van der Waals surface area contributed by atoms with Crippen LogP contribution in [0.4, 0.5) is 13.2 Å². The molecule has 0 saturated carbocycles. The van der Waals surface area contributed by atoms with E-state index in [0.717, 1.165) is 7.11 Å². The van der Waals surface area contributed by atoms with Crippen molar-refractivity contribution >= 4 is 11.7 Å². The number of ether oxygens (including phenoxy) is 1. The van der Waals surface area contributed by atoms with Crippen LogP contribution in [0.25, 0.3) is 5.76 Å². The van der Waals surface area contributed by atoms with Gasteiger partial charge in [-0.2, -0.15) is 0 Å². The molecule has 0 spiro atoms. The summed E-state index contributed by atoms with van der Waals surface area (Å²) in [5, 5.41) is 9.25. The predicted molar refractivity (Wildman–Crippen MR) is 48.9 cm³/mol. The first-order valence-electron chi connectivity index (χ1n) is 4.09. The van der Waals surface area contributed by atoms with Crippen LogP contribution in [0.3, 0.4) is 0 Å². The molecule has 1 N–H and O–H groups in total. The summed E-state index contributed by atoms with van der Waals surface area (Å²) < 4.78 is 42.5. The van der Waals surface area contributed by atoms with Gasteiger partial charge in [0.1, 0.15) is 11.6 Å². The highest BCUT2D eigenvalue weighted by atomic mass is 19.2. The van der Waals surface area contributed by atoms with E-state index in [4.69, 9.17) is 0 Å². The van der Waals surface area contributed by atoms with Crippen LogP contribution < -0.4 is 0 Å². The predicted octanol–water partition coefficient (Wildman–Crippen LogP) is 2.18. The van der Waals surface area contributed by atoms with Gasteiger partial charge in [0.25, 0.3) is 0 Å². The van der Waals surface area contributed by atoms with Crippen LogP contribution in [0, 0.1) is 17.5 Å². The van der Waals surface area contributed by atoms with E-state index in [2.05, 4.69) is 4.74 Å². The summed E-state index contributed by atoms with van der Waals surface area (Å²) in [6.45, 7) is 0. The van der Waals surface area contributed by atoms with Gasteiger partial charge in [0.05, 0.1) is 18.7 Å². The number of methoxy groups -OCH3 is 1. The quantitative estimate of drug-likeness (QED) is 0.368. The van der Waals surface area contributed by atoms with Crippen LogP contribution in [0.15, 0.2) is 18.2 Å². The van der Waals surface area contributed by atoms with Crippen molar-refractivity contribution in [1.82, 2.24) is 0 Å². The average molecular weight is 232 g/mol. The third kappa shape index (κ3) is 2.53. The number of hydrogen-bond acceptors (Lipinski definition) is 3. The lowest BCUT2D eigenvalue weighted by atomic mass is 10.1. The Labute approximate surface area is 88.8 Å². The molecule has 0 fully saturated rings. The van der Waals surface area contributed by atoms with Gasteiger partial charge in [-0.15, -0.1) is 0 Å². The number of benzene rings is 1. The summed E-state index contributed by atoms with van der Waals surface area (Å²) in [4.78, 5) is 10.7. The Morgan fingerprint density at radius 2 is 1.81 bits per heavy atom. The Bertz CT molecular complexity index is 455. The lowest BCUT2D eigenvalue weighted by molar-refractivity contribution is -0.134. The fraction of sp³-hybridized carbons (Fsp3) is 0.100. The first kappa shape index (κ1) is 12.1. The Hall–Kier alpha value is -1.98. The number of carbonyl (C=O) groups is 1. The fourth-order valence-electron chi connectivity index (χ4n) is 0.967. The molecule has 0 atom stereocenters. The molecule has 1 aromatic carbocycles. The molecular formula is C10H7F3O3. The Kier molecular flexibility index (Phi) is 3.55. The topological polar surface area (TPSA) is 46.5 Å². The molecule has 0 aliphatic rings. The van der Waals surface area contributed by atoms with E-state index in [1.807, 2.05) is 0 Å². The minimum atomic E-state index is -1.38. The van der Waals surface area contributed by atoms with Crippen LogP contribution in [-0.4, -0.2) is 18.2 Å². The van der Waals surface area contributed by atoms with E-state index in [-0.39, 0.29) is 6.07 Å². The van der Waals surface area contributed by atoms with Gasteiger partial charge in [0.2, 0.25) is 0 Å². The van der Waals surface area contributed by atoms with Crippen molar-refractivity contribution in [3.63, 3.8) is 0 Å². The summed E-state index contributed by atoms with van der Waals surface area (Å²) in [6.07, 6.45) is 0.551. The second-order valence-electron chi connectivity index (χ2n) is 2.80. The van der Waals surface area contributed by atoms with Gasteiger partial charge < -0.3 is 9.84 Å². The van der Waals surface area contributed by atoms with E-state index in [9.17, 15) is 23.1 Å². The largest absolute Gasteiger partial charge is 0.507 e. The summed E-state index contributed by atoms with van der Waals surface area (Å²) in [5.74, 6) is -5.69. The number of hydrogen-bond donors (Lipinski definition) is 1. The van der Waals surface area contributed by atoms with Gasteiger partial charge in [-0.05, 0) is 6.07 Å². The van der Waals surface area contributed by atoms with Crippen molar-refractivity contribution < 1.29 is 27.8 Å². The lowest BCUT2D eigenvalue weighted by Gasteiger charge is -2.03. The summed E-state index contributed by atoms with van der Waals surface area (Å²) in [7, 11) is 1.05. The van der Waals surface area contributed by atoms with E-state index in [1.54, 1.807) is 0 Å². The maximum Gasteiger partial charge on any atom is 0.334 e. The lowest BCUT2D eigenvalue weighted by Crippen LogP contribution is -1.99. The van der Waals surface area contributed by atoms with Crippen molar-refractivity contribution in [1.29, 1.82) is 0 Å². The highest BCUT2D eigenvalue weighted by Gasteiger charge is 2.13. The second-order valence-corrected chi connectivity index (χ2v) is 2.80. The number of rotatable bonds is 2. The molecule has 0 aliphatic heterocycles. The zero-order valence-electron chi connectivity index (χ0n) is 8.13. The Morgan fingerprint density at radius 1 is 1.25 bits per heavy atom. The number of aliphatic hydroxyl groups is 1.